The molecule has 1 atom stereocenters. The summed E-state index contributed by atoms with van der Waals surface area (Å²) >= 11 is 1.46. The molecular formula is C15H20N2OS. The summed E-state index contributed by atoms with van der Waals surface area (Å²) < 4.78 is 0. The lowest BCUT2D eigenvalue weighted by molar-refractivity contribution is 0.0706. The predicted molar refractivity (Wildman–Crippen MR) is 79.1 cm³/mol. The van der Waals surface area contributed by atoms with Crippen LogP contribution < -0.4 is 5.73 Å². The van der Waals surface area contributed by atoms with E-state index in [9.17, 15) is 4.79 Å². The van der Waals surface area contributed by atoms with Crippen LogP contribution in [0.4, 0.5) is 0 Å². The van der Waals surface area contributed by atoms with Gasteiger partial charge in [-0.25, -0.2) is 0 Å². The van der Waals surface area contributed by atoms with E-state index in [2.05, 4.69) is 25.7 Å². The van der Waals surface area contributed by atoms with Crippen molar-refractivity contribution in [2.45, 2.75) is 32.7 Å². The molecule has 0 bridgehead atoms. The van der Waals surface area contributed by atoms with Gasteiger partial charge in [-0.05, 0) is 30.9 Å². The van der Waals surface area contributed by atoms with Gasteiger partial charge < -0.3 is 10.6 Å². The van der Waals surface area contributed by atoms with Crippen molar-refractivity contribution in [1.82, 2.24) is 4.90 Å². The highest BCUT2D eigenvalue weighted by Gasteiger charge is 2.31. The third-order valence-electron chi connectivity index (χ3n) is 3.46. The van der Waals surface area contributed by atoms with Gasteiger partial charge in [-0.15, -0.1) is 11.3 Å². The molecule has 1 aliphatic heterocycles. The molecule has 2 heterocycles. The maximum atomic E-state index is 12.5. The smallest absolute Gasteiger partial charge is 0.264 e. The fourth-order valence-electron chi connectivity index (χ4n) is 2.54. The average Bonchev–Trinajstić information content (AvgIpc) is 3.04. The Morgan fingerprint density at radius 1 is 1.58 bits per heavy atom. The van der Waals surface area contributed by atoms with E-state index in [1.54, 1.807) is 0 Å². The summed E-state index contributed by atoms with van der Waals surface area (Å²) in [7, 11) is 0. The van der Waals surface area contributed by atoms with Gasteiger partial charge in [-0.2, -0.15) is 0 Å². The molecule has 1 amide bonds. The van der Waals surface area contributed by atoms with Crippen LogP contribution in [0.5, 0.6) is 0 Å². The van der Waals surface area contributed by atoms with E-state index in [1.165, 1.54) is 11.3 Å². The van der Waals surface area contributed by atoms with Gasteiger partial charge in [-0.3, -0.25) is 4.79 Å². The quantitative estimate of drug-likeness (QED) is 0.843. The Balaban J connectivity index is 2.13. The van der Waals surface area contributed by atoms with Crippen LogP contribution >= 0.6 is 11.3 Å². The highest BCUT2D eigenvalue weighted by molar-refractivity contribution is 7.14. The summed E-state index contributed by atoms with van der Waals surface area (Å²) in [4.78, 5) is 16.2. The van der Waals surface area contributed by atoms with Gasteiger partial charge in [0.2, 0.25) is 0 Å². The maximum absolute atomic E-state index is 12.5. The minimum Gasteiger partial charge on any atom is -0.335 e. The number of rotatable bonds is 2. The first kappa shape index (κ1) is 14.1. The summed E-state index contributed by atoms with van der Waals surface area (Å²) in [5.41, 5.74) is 5.35. The summed E-state index contributed by atoms with van der Waals surface area (Å²) in [6, 6.07) is 4.16. The van der Waals surface area contributed by atoms with Gasteiger partial charge >= 0.3 is 0 Å². The summed E-state index contributed by atoms with van der Waals surface area (Å²) in [6.07, 6.45) is 2.23. The monoisotopic (exact) mass is 276 g/mol. The largest absolute Gasteiger partial charge is 0.335 e. The molecule has 1 aromatic rings. The molecule has 0 saturated carbocycles. The molecule has 1 unspecified atom stereocenters. The second kappa shape index (κ2) is 6.23. The molecule has 4 heteroatoms. The third-order valence-corrected chi connectivity index (χ3v) is 4.45. The normalized spacial score (nSPS) is 18.5. The van der Waals surface area contributed by atoms with E-state index >= 15 is 0 Å². The van der Waals surface area contributed by atoms with Crippen LogP contribution in [0.1, 0.15) is 41.2 Å². The van der Waals surface area contributed by atoms with Crippen LogP contribution in [-0.4, -0.2) is 29.9 Å². The van der Waals surface area contributed by atoms with Crippen LogP contribution in [0.3, 0.4) is 0 Å². The molecule has 19 heavy (non-hydrogen) atoms. The highest BCUT2D eigenvalue weighted by atomic mass is 32.1. The first-order valence-corrected chi connectivity index (χ1v) is 7.55. The molecule has 102 valence electrons. The molecule has 0 spiro atoms. The maximum Gasteiger partial charge on any atom is 0.264 e. The van der Waals surface area contributed by atoms with Gasteiger partial charge in [0.25, 0.3) is 5.91 Å². The van der Waals surface area contributed by atoms with Crippen molar-refractivity contribution in [2.75, 3.05) is 13.1 Å². The zero-order chi connectivity index (χ0) is 13.8. The van der Waals surface area contributed by atoms with Crippen molar-refractivity contribution in [2.24, 2.45) is 11.7 Å². The Morgan fingerprint density at radius 2 is 2.37 bits per heavy atom. The Kier molecular flexibility index (Phi) is 4.62. The Morgan fingerprint density at radius 3 is 3.05 bits per heavy atom. The van der Waals surface area contributed by atoms with Crippen LogP contribution in [0.15, 0.2) is 12.1 Å². The molecule has 1 aliphatic rings. The van der Waals surface area contributed by atoms with E-state index < -0.39 is 0 Å². The number of hydrogen-bond donors (Lipinski definition) is 1. The lowest BCUT2D eigenvalue weighted by Gasteiger charge is -2.27. The molecule has 2 rings (SSSR count). The first-order valence-electron chi connectivity index (χ1n) is 6.73. The number of thiophene rings is 1. The molecular weight excluding hydrogens is 256 g/mol. The average molecular weight is 276 g/mol. The second-order valence-corrected chi connectivity index (χ2v) is 6.21. The summed E-state index contributed by atoms with van der Waals surface area (Å²) in [5.74, 6) is 6.46. The molecule has 1 fully saturated rings. The van der Waals surface area contributed by atoms with Crippen LogP contribution in [0, 0.1) is 17.8 Å². The lowest BCUT2D eigenvalue weighted by Crippen LogP contribution is -2.38. The highest BCUT2D eigenvalue weighted by Crippen LogP contribution is 2.27. The van der Waals surface area contributed by atoms with Crippen LogP contribution in [0.2, 0.25) is 0 Å². The van der Waals surface area contributed by atoms with Gasteiger partial charge in [-0.1, -0.05) is 25.7 Å². The minimum absolute atomic E-state index is 0.155. The first-order chi connectivity index (χ1) is 9.13. The number of nitrogens with two attached hydrogens (primary N) is 1. The second-order valence-electron chi connectivity index (χ2n) is 5.12. The standard InChI is InChI=1S/C15H20N2OS/c1-11(2)13-6-4-10-17(13)15(18)14-8-7-12(19-14)5-3-9-16/h7-8,11,13H,4,6,9-10,16H2,1-2H3. The van der Waals surface area contributed by atoms with Crippen molar-refractivity contribution < 1.29 is 4.79 Å². The molecule has 0 radical (unpaired) electrons. The lowest BCUT2D eigenvalue weighted by atomic mass is 10.0. The molecule has 0 aliphatic carbocycles. The molecule has 1 saturated heterocycles. The summed E-state index contributed by atoms with van der Waals surface area (Å²) in [6.45, 7) is 5.60. The number of likely N-dealkylation sites (tertiary alicyclic amines) is 1. The third kappa shape index (κ3) is 3.17. The summed E-state index contributed by atoms with van der Waals surface area (Å²) in [5, 5.41) is 0. The molecule has 1 aromatic heterocycles. The Labute approximate surface area is 118 Å². The van der Waals surface area contributed by atoms with Crippen molar-refractivity contribution in [3.63, 3.8) is 0 Å². The van der Waals surface area contributed by atoms with Gasteiger partial charge in [0.1, 0.15) is 0 Å². The number of amides is 1. The fraction of sp³-hybridized carbons (Fsp3) is 0.533. The number of carbonyl (C=O) groups is 1. The number of hydrogen-bond acceptors (Lipinski definition) is 3. The zero-order valence-electron chi connectivity index (χ0n) is 11.5. The molecule has 0 aromatic carbocycles. The van der Waals surface area contributed by atoms with Gasteiger partial charge in [0, 0.05) is 12.6 Å². The van der Waals surface area contributed by atoms with Crippen molar-refractivity contribution in [3.8, 4) is 11.8 Å². The zero-order valence-corrected chi connectivity index (χ0v) is 12.3. The number of carbonyl (C=O) groups excluding carboxylic acids is 1. The molecule has 3 nitrogen and oxygen atoms in total. The predicted octanol–water partition coefficient (Wildman–Crippen LogP) is 2.32. The minimum atomic E-state index is 0.155. The van der Waals surface area contributed by atoms with E-state index in [-0.39, 0.29) is 5.91 Å². The van der Waals surface area contributed by atoms with Crippen molar-refractivity contribution in [3.05, 3.63) is 21.9 Å². The fourth-order valence-corrected chi connectivity index (χ4v) is 3.37. The van der Waals surface area contributed by atoms with E-state index in [0.29, 0.717) is 18.5 Å². The van der Waals surface area contributed by atoms with Gasteiger partial charge in [0.05, 0.1) is 16.3 Å². The Hall–Kier alpha value is -1.31. The Bertz CT molecular complexity index is 510. The van der Waals surface area contributed by atoms with Crippen molar-refractivity contribution >= 4 is 17.2 Å². The SMILES string of the molecule is CC(C)C1CCCN1C(=O)c1ccc(C#CCN)s1. The van der Waals surface area contributed by atoms with Crippen LogP contribution in [0.25, 0.3) is 0 Å². The molecule has 2 N–H and O–H groups in total. The van der Waals surface area contributed by atoms with Crippen molar-refractivity contribution in [1.29, 1.82) is 0 Å². The van der Waals surface area contributed by atoms with E-state index in [4.69, 9.17) is 5.73 Å². The van der Waals surface area contributed by atoms with Crippen LogP contribution in [-0.2, 0) is 0 Å². The van der Waals surface area contributed by atoms with Gasteiger partial charge in [0.15, 0.2) is 0 Å². The van der Waals surface area contributed by atoms with E-state index in [0.717, 1.165) is 29.1 Å². The topological polar surface area (TPSA) is 46.3 Å². The van der Waals surface area contributed by atoms with E-state index in [1.807, 2.05) is 17.0 Å². The number of nitrogens with zero attached hydrogens (tertiary/aromatic N) is 1.